The number of anilines is 1. The Bertz CT molecular complexity index is 720. The summed E-state index contributed by atoms with van der Waals surface area (Å²) >= 11 is 11.3. The Morgan fingerprint density at radius 1 is 1.21 bits per heavy atom. The van der Waals surface area contributed by atoms with E-state index in [9.17, 15) is 13.5 Å². The number of nitrogens with zero attached hydrogens (tertiary/aromatic N) is 1. The molecule has 19 heavy (non-hydrogen) atoms. The number of nitrogens with one attached hydrogen (secondary N) is 1. The molecule has 8 heteroatoms. The van der Waals surface area contributed by atoms with E-state index >= 15 is 0 Å². The first-order chi connectivity index (χ1) is 8.90. The minimum absolute atomic E-state index is 0.0168. The lowest BCUT2D eigenvalue weighted by atomic mass is 10.3. The van der Waals surface area contributed by atoms with E-state index in [2.05, 4.69) is 9.71 Å². The Labute approximate surface area is 119 Å². The molecular weight excluding hydrogens is 311 g/mol. The number of pyridine rings is 1. The summed E-state index contributed by atoms with van der Waals surface area (Å²) in [6, 6.07) is 7.14. The molecule has 0 aliphatic rings. The molecule has 2 aromatic rings. The molecule has 100 valence electrons. The van der Waals surface area contributed by atoms with E-state index in [1.54, 1.807) is 12.1 Å². The zero-order valence-corrected chi connectivity index (χ0v) is 11.7. The molecule has 0 amide bonds. The number of rotatable bonds is 3. The molecule has 1 heterocycles. The molecule has 0 radical (unpaired) electrons. The average Bonchev–Trinajstić information content (AvgIpc) is 2.35. The highest BCUT2D eigenvalue weighted by molar-refractivity contribution is 7.92. The first kappa shape index (κ1) is 13.9. The maximum Gasteiger partial charge on any atom is 0.263 e. The van der Waals surface area contributed by atoms with Gasteiger partial charge in [0.25, 0.3) is 10.0 Å². The summed E-state index contributed by atoms with van der Waals surface area (Å²) in [4.78, 5) is 3.51. The fourth-order valence-corrected chi connectivity index (χ4v) is 2.69. The van der Waals surface area contributed by atoms with E-state index in [1.165, 1.54) is 18.2 Å². The van der Waals surface area contributed by atoms with E-state index in [-0.39, 0.29) is 26.5 Å². The third-order valence-electron chi connectivity index (χ3n) is 2.23. The van der Waals surface area contributed by atoms with Crippen molar-refractivity contribution in [2.24, 2.45) is 0 Å². The van der Waals surface area contributed by atoms with Crippen LogP contribution in [0.5, 0.6) is 5.75 Å². The number of halogens is 2. The fraction of sp³-hybridized carbons (Fsp3) is 0. The van der Waals surface area contributed by atoms with E-state index in [4.69, 9.17) is 23.2 Å². The number of benzene rings is 1. The Morgan fingerprint density at radius 3 is 2.53 bits per heavy atom. The number of hydrogen-bond donors (Lipinski definition) is 2. The van der Waals surface area contributed by atoms with Crippen molar-refractivity contribution in [3.63, 3.8) is 0 Å². The van der Waals surface area contributed by atoms with Gasteiger partial charge in [0.05, 0.1) is 10.7 Å². The van der Waals surface area contributed by atoms with Crippen molar-refractivity contribution in [3.8, 4) is 5.75 Å². The number of aromatic nitrogens is 1. The van der Waals surface area contributed by atoms with Crippen molar-refractivity contribution in [2.45, 2.75) is 4.90 Å². The van der Waals surface area contributed by atoms with Gasteiger partial charge in [0.2, 0.25) is 0 Å². The molecule has 0 unspecified atom stereocenters. The molecule has 0 atom stereocenters. The van der Waals surface area contributed by atoms with Gasteiger partial charge in [0, 0.05) is 6.20 Å². The first-order valence-corrected chi connectivity index (χ1v) is 7.26. The SMILES string of the molecule is O=S(=O)(Nc1ccccc1O)c1cnc(Cl)c(Cl)c1. The van der Waals surface area contributed by atoms with Crippen molar-refractivity contribution < 1.29 is 13.5 Å². The lowest BCUT2D eigenvalue weighted by molar-refractivity contribution is 0.477. The standard InChI is InChI=1S/C11H8Cl2N2O3S/c12-8-5-7(6-14-11(8)13)19(17,18)15-9-3-1-2-4-10(9)16/h1-6,15-16H. The van der Waals surface area contributed by atoms with Gasteiger partial charge in [-0.3, -0.25) is 4.72 Å². The summed E-state index contributed by atoms with van der Waals surface area (Å²) in [6.45, 7) is 0. The topological polar surface area (TPSA) is 79.3 Å². The molecule has 0 aliphatic heterocycles. The molecule has 0 saturated carbocycles. The van der Waals surface area contributed by atoms with Crippen LogP contribution in [0.3, 0.4) is 0 Å². The van der Waals surface area contributed by atoms with Crippen LogP contribution < -0.4 is 4.72 Å². The average molecular weight is 319 g/mol. The molecule has 2 N–H and O–H groups in total. The van der Waals surface area contributed by atoms with Gasteiger partial charge in [-0.25, -0.2) is 13.4 Å². The highest BCUT2D eigenvalue weighted by Crippen LogP contribution is 2.27. The first-order valence-electron chi connectivity index (χ1n) is 5.02. The van der Waals surface area contributed by atoms with Gasteiger partial charge in [0.1, 0.15) is 15.8 Å². The molecule has 0 fully saturated rings. The van der Waals surface area contributed by atoms with Crippen molar-refractivity contribution in [3.05, 3.63) is 46.7 Å². The lowest BCUT2D eigenvalue weighted by Gasteiger charge is -2.09. The van der Waals surface area contributed by atoms with Gasteiger partial charge in [-0.15, -0.1) is 0 Å². The predicted molar refractivity (Wildman–Crippen MR) is 73.2 cm³/mol. The normalized spacial score (nSPS) is 11.3. The molecule has 0 aliphatic carbocycles. The smallest absolute Gasteiger partial charge is 0.263 e. The van der Waals surface area contributed by atoms with Gasteiger partial charge >= 0.3 is 0 Å². The maximum absolute atomic E-state index is 12.1. The molecule has 0 spiro atoms. The van der Waals surface area contributed by atoms with Crippen LogP contribution >= 0.6 is 23.2 Å². The minimum atomic E-state index is -3.89. The van der Waals surface area contributed by atoms with Gasteiger partial charge in [0.15, 0.2) is 0 Å². The zero-order chi connectivity index (χ0) is 14.0. The van der Waals surface area contributed by atoms with E-state index in [1.807, 2.05) is 0 Å². The van der Waals surface area contributed by atoms with Crippen LogP contribution in [0.4, 0.5) is 5.69 Å². The molecule has 1 aromatic heterocycles. The van der Waals surface area contributed by atoms with Gasteiger partial charge in [-0.2, -0.15) is 0 Å². The lowest BCUT2D eigenvalue weighted by Crippen LogP contribution is -2.13. The number of aromatic hydroxyl groups is 1. The van der Waals surface area contributed by atoms with Crippen LogP contribution in [-0.2, 0) is 10.0 Å². The highest BCUT2D eigenvalue weighted by Gasteiger charge is 2.17. The number of phenols is 1. The third kappa shape index (κ3) is 3.09. The van der Waals surface area contributed by atoms with Gasteiger partial charge < -0.3 is 5.11 Å². The second-order valence-corrected chi connectivity index (χ2v) is 6.01. The summed E-state index contributed by atoms with van der Waals surface area (Å²) in [5, 5.41) is 9.58. The number of para-hydroxylation sites is 2. The quantitative estimate of drug-likeness (QED) is 0.673. The summed E-state index contributed by atoms with van der Waals surface area (Å²) < 4.78 is 26.3. The largest absolute Gasteiger partial charge is 0.506 e. The fourth-order valence-electron chi connectivity index (χ4n) is 1.31. The Hall–Kier alpha value is -1.50. The van der Waals surface area contributed by atoms with E-state index < -0.39 is 10.0 Å². The van der Waals surface area contributed by atoms with E-state index in [0.29, 0.717) is 0 Å². The molecule has 0 bridgehead atoms. The second kappa shape index (κ2) is 5.24. The summed E-state index contributed by atoms with van der Waals surface area (Å²) in [6.07, 6.45) is 1.08. The third-order valence-corrected chi connectivity index (χ3v) is 4.25. The Kier molecular flexibility index (Phi) is 3.84. The van der Waals surface area contributed by atoms with Crippen LogP contribution in [-0.4, -0.2) is 18.5 Å². The molecular formula is C11H8Cl2N2O3S. The molecule has 0 saturated heterocycles. The van der Waals surface area contributed by atoms with Crippen LogP contribution in [0, 0.1) is 0 Å². The Morgan fingerprint density at radius 2 is 1.89 bits per heavy atom. The summed E-state index contributed by atoms with van der Waals surface area (Å²) in [7, 11) is -3.89. The minimum Gasteiger partial charge on any atom is -0.506 e. The monoisotopic (exact) mass is 318 g/mol. The molecule has 5 nitrogen and oxygen atoms in total. The predicted octanol–water partition coefficient (Wildman–Crippen LogP) is 2.89. The van der Waals surface area contributed by atoms with Crippen molar-refractivity contribution in [1.82, 2.24) is 4.98 Å². The number of phenolic OH excluding ortho intramolecular Hbond substituents is 1. The van der Waals surface area contributed by atoms with Crippen LogP contribution in [0.2, 0.25) is 10.2 Å². The molecule has 1 aromatic carbocycles. The molecule has 2 rings (SSSR count). The maximum atomic E-state index is 12.1. The van der Waals surface area contributed by atoms with Crippen molar-refractivity contribution in [1.29, 1.82) is 0 Å². The number of hydrogen-bond acceptors (Lipinski definition) is 4. The summed E-state index contributed by atoms with van der Waals surface area (Å²) in [5.74, 6) is -0.181. The zero-order valence-electron chi connectivity index (χ0n) is 9.34. The number of sulfonamides is 1. The van der Waals surface area contributed by atoms with Crippen LogP contribution in [0.15, 0.2) is 41.4 Å². The van der Waals surface area contributed by atoms with Gasteiger partial charge in [-0.05, 0) is 18.2 Å². The van der Waals surface area contributed by atoms with Crippen molar-refractivity contribution >= 4 is 38.9 Å². The van der Waals surface area contributed by atoms with Gasteiger partial charge in [-0.1, -0.05) is 35.3 Å². The second-order valence-electron chi connectivity index (χ2n) is 3.57. The van der Waals surface area contributed by atoms with Crippen LogP contribution in [0.1, 0.15) is 0 Å². The van der Waals surface area contributed by atoms with Crippen molar-refractivity contribution in [2.75, 3.05) is 4.72 Å². The van der Waals surface area contributed by atoms with E-state index in [0.717, 1.165) is 6.20 Å². The Balaban J connectivity index is 2.38. The van der Waals surface area contributed by atoms with Crippen LogP contribution in [0.25, 0.3) is 0 Å². The summed E-state index contributed by atoms with van der Waals surface area (Å²) in [5.41, 5.74) is 0.0635. The highest BCUT2D eigenvalue weighted by atomic mass is 35.5.